The topological polar surface area (TPSA) is 29.5 Å². The number of carbonyl (C=O) groups excluding carboxylic acids is 1. The van der Waals surface area contributed by atoms with E-state index in [-0.39, 0.29) is 11.4 Å². The van der Waals surface area contributed by atoms with E-state index in [4.69, 9.17) is 4.74 Å². The lowest BCUT2D eigenvalue weighted by Crippen LogP contribution is -2.44. The molecule has 0 bridgehead atoms. The number of hydrogen-bond acceptors (Lipinski definition) is 3. The van der Waals surface area contributed by atoms with Crippen LogP contribution in [0.3, 0.4) is 0 Å². The Bertz CT molecular complexity index is 328. The maximum Gasteiger partial charge on any atom is 0.307 e. The molecule has 20 heavy (non-hydrogen) atoms. The molecule has 0 aromatic carbocycles. The van der Waals surface area contributed by atoms with E-state index in [0.717, 1.165) is 31.4 Å². The lowest BCUT2D eigenvalue weighted by molar-refractivity contribution is -0.170. The van der Waals surface area contributed by atoms with Crippen molar-refractivity contribution >= 4 is 5.97 Å². The van der Waals surface area contributed by atoms with Crippen molar-refractivity contribution in [3.63, 3.8) is 0 Å². The minimum absolute atomic E-state index is 0.114. The first-order valence-electron chi connectivity index (χ1n) is 7.55. The van der Waals surface area contributed by atoms with Crippen molar-refractivity contribution in [2.24, 2.45) is 5.41 Å². The highest BCUT2D eigenvalue weighted by Gasteiger charge is 2.41. The summed E-state index contributed by atoms with van der Waals surface area (Å²) in [4.78, 5) is 14.1. The minimum atomic E-state index is -0.497. The van der Waals surface area contributed by atoms with Gasteiger partial charge in [-0.25, -0.2) is 0 Å². The second-order valence-electron chi connectivity index (χ2n) is 7.18. The molecule has 0 aliphatic carbocycles. The number of carbonyl (C=O) groups is 1. The first-order chi connectivity index (χ1) is 9.01. The molecule has 3 nitrogen and oxygen atoms in total. The van der Waals surface area contributed by atoms with Crippen LogP contribution in [0, 0.1) is 5.41 Å². The Morgan fingerprint density at radius 3 is 2.10 bits per heavy atom. The van der Waals surface area contributed by atoms with Gasteiger partial charge in [0.2, 0.25) is 0 Å². The Balaban J connectivity index is 4.80. The van der Waals surface area contributed by atoms with Gasteiger partial charge in [0.05, 0.1) is 6.42 Å². The SMILES string of the molecule is C=C(CCC)CC(C)(OC(=O)CCN(C)C)C(C)(C)C. The first-order valence-corrected chi connectivity index (χ1v) is 7.55. The number of ether oxygens (including phenoxy) is 1. The van der Waals surface area contributed by atoms with Gasteiger partial charge in [-0.15, -0.1) is 0 Å². The van der Waals surface area contributed by atoms with E-state index in [1.54, 1.807) is 0 Å². The van der Waals surface area contributed by atoms with Gasteiger partial charge >= 0.3 is 5.97 Å². The molecule has 0 radical (unpaired) electrons. The molecule has 0 saturated carbocycles. The molecule has 0 aliphatic rings. The van der Waals surface area contributed by atoms with Crippen LogP contribution in [0.5, 0.6) is 0 Å². The van der Waals surface area contributed by atoms with Crippen LogP contribution in [-0.4, -0.2) is 37.1 Å². The lowest BCUT2D eigenvalue weighted by Gasteiger charge is -2.42. The van der Waals surface area contributed by atoms with Crippen molar-refractivity contribution in [3.8, 4) is 0 Å². The summed E-state index contributed by atoms with van der Waals surface area (Å²) in [7, 11) is 3.92. The Hall–Kier alpha value is -0.830. The predicted molar refractivity (Wildman–Crippen MR) is 85.8 cm³/mol. The Labute approximate surface area is 125 Å². The van der Waals surface area contributed by atoms with Crippen molar-refractivity contribution in [1.82, 2.24) is 4.90 Å². The summed E-state index contributed by atoms with van der Waals surface area (Å²) in [5, 5.41) is 0. The normalized spacial score (nSPS) is 15.0. The van der Waals surface area contributed by atoms with E-state index >= 15 is 0 Å². The molecule has 0 saturated heterocycles. The molecule has 0 rings (SSSR count). The van der Waals surface area contributed by atoms with Gasteiger partial charge in [-0.05, 0) is 27.4 Å². The van der Waals surface area contributed by atoms with E-state index in [1.807, 2.05) is 25.9 Å². The van der Waals surface area contributed by atoms with E-state index in [9.17, 15) is 4.79 Å². The highest BCUT2D eigenvalue weighted by molar-refractivity contribution is 5.70. The molecule has 0 aliphatic heterocycles. The van der Waals surface area contributed by atoms with Gasteiger partial charge in [0.25, 0.3) is 0 Å². The molecular formula is C17H33NO2. The monoisotopic (exact) mass is 283 g/mol. The fourth-order valence-corrected chi connectivity index (χ4v) is 1.99. The maximum atomic E-state index is 12.1. The molecule has 118 valence electrons. The minimum Gasteiger partial charge on any atom is -0.458 e. The Morgan fingerprint density at radius 1 is 1.15 bits per heavy atom. The third-order valence-electron chi connectivity index (χ3n) is 3.88. The summed E-state index contributed by atoms with van der Waals surface area (Å²) in [5.74, 6) is -0.125. The van der Waals surface area contributed by atoms with Crippen LogP contribution < -0.4 is 0 Å². The molecule has 3 heteroatoms. The molecule has 0 heterocycles. The molecule has 0 amide bonds. The van der Waals surface area contributed by atoms with Gasteiger partial charge in [0, 0.05) is 18.4 Å². The third-order valence-corrected chi connectivity index (χ3v) is 3.88. The van der Waals surface area contributed by atoms with Gasteiger partial charge < -0.3 is 9.64 Å². The van der Waals surface area contributed by atoms with Gasteiger partial charge in [-0.2, -0.15) is 0 Å². The summed E-state index contributed by atoms with van der Waals surface area (Å²) < 4.78 is 5.84. The molecule has 0 spiro atoms. The van der Waals surface area contributed by atoms with Crippen molar-refractivity contribution in [3.05, 3.63) is 12.2 Å². The standard InChI is InChI=1S/C17H33NO2/c1-9-10-14(2)13-17(6,16(3,4)5)20-15(19)11-12-18(7)8/h2,9-13H2,1,3-8H3. The second-order valence-corrected chi connectivity index (χ2v) is 7.18. The van der Waals surface area contributed by atoms with Gasteiger partial charge in [0.15, 0.2) is 0 Å². The average molecular weight is 283 g/mol. The molecule has 0 aromatic heterocycles. The number of rotatable bonds is 8. The zero-order valence-electron chi connectivity index (χ0n) is 14.5. The van der Waals surface area contributed by atoms with Crippen molar-refractivity contribution < 1.29 is 9.53 Å². The molecule has 1 atom stereocenters. The number of nitrogens with zero attached hydrogens (tertiary/aromatic N) is 1. The lowest BCUT2D eigenvalue weighted by atomic mass is 9.73. The average Bonchev–Trinajstić information content (AvgIpc) is 2.24. The second kappa shape index (κ2) is 7.82. The van der Waals surface area contributed by atoms with Crippen molar-refractivity contribution in [2.75, 3.05) is 20.6 Å². The van der Waals surface area contributed by atoms with Crippen LogP contribution in [0.25, 0.3) is 0 Å². The summed E-state index contributed by atoms with van der Waals surface area (Å²) in [6.45, 7) is 15.4. The molecular weight excluding hydrogens is 250 g/mol. The van der Waals surface area contributed by atoms with E-state index in [2.05, 4.69) is 34.3 Å². The summed E-state index contributed by atoms with van der Waals surface area (Å²) in [5.41, 5.74) is 0.547. The molecule has 0 N–H and O–H groups in total. The number of esters is 1. The van der Waals surface area contributed by atoms with Crippen LogP contribution >= 0.6 is 0 Å². The Kier molecular flexibility index (Phi) is 7.50. The van der Waals surface area contributed by atoms with E-state index in [1.165, 1.54) is 0 Å². The van der Waals surface area contributed by atoms with Crippen LogP contribution in [0.15, 0.2) is 12.2 Å². The largest absolute Gasteiger partial charge is 0.458 e. The highest BCUT2D eigenvalue weighted by Crippen LogP contribution is 2.39. The molecule has 1 unspecified atom stereocenters. The molecule has 0 aromatic rings. The van der Waals surface area contributed by atoms with Crippen LogP contribution in [-0.2, 0) is 9.53 Å². The fraction of sp³-hybridized carbons (Fsp3) is 0.824. The fourth-order valence-electron chi connectivity index (χ4n) is 1.99. The van der Waals surface area contributed by atoms with E-state index in [0.29, 0.717) is 6.42 Å². The van der Waals surface area contributed by atoms with Crippen molar-refractivity contribution in [2.45, 2.75) is 65.9 Å². The number of hydrogen-bond donors (Lipinski definition) is 0. The van der Waals surface area contributed by atoms with Crippen LogP contribution in [0.2, 0.25) is 0 Å². The van der Waals surface area contributed by atoms with E-state index < -0.39 is 5.60 Å². The van der Waals surface area contributed by atoms with Crippen LogP contribution in [0.4, 0.5) is 0 Å². The van der Waals surface area contributed by atoms with Crippen molar-refractivity contribution in [1.29, 1.82) is 0 Å². The van der Waals surface area contributed by atoms with Gasteiger partial charge in [0.1, 0.15) is 5.60 Å². The zero-order valence-corrected chi connectivity index (χ0v) is 14.5. The highest BCUT2D eigenvalue weighted by atomic mass is 16.6. The summed E-state index contributed by atoms with van der Waals surface area (Å²) in [6.07, 6.45) is 3.23. The first kappa shape index (κ1) is 19.2. The molecule has 0 fully saturated rings. The third kappa shape index (κ3) is 6.56. The van der Waals surface area contributed by atoms with Gasteiger partial charge in [-0.3, -0.25) is 4.79 Å². The smallest absolute Gasteiger partial charge is 0.307 e. The van der Waals surface area contributed by atoms with Gasteiger partial charge in [-0.1, -0.05) is 46.3 Å². The predicted octanol–water partition coefficient (Wildman–Crippen LogP) is 4.03. The summed E-state index contributed by atoms with van der Waals surface area (Å²) >= 11 is 0. The summed E-state index contributed by atoms with van der Waals surface area (Å²) in [6, 6.07) is 0. The quantitative estimate of drug-likeness (QED) is 0.497. The van der Waals surface area contributed by atoms with Crippen LogP contribution in [0.1, 0.15) is 60.3 Å². The Morgan fingerprint density at radius 2 is 1.70 bits per heavy atom. The zero-order chi connectivity index (χ0) is 16.0. The maximum absolute atomic E-state index is 12.1.